The number of halogens is 1. The molecule has 3 atom stereocenters. The van der Waals surface area contributed by atoms with Crippen molar-refractivity contribution in [1.29, 1.82) is 0 Å². The Morgan fingerprint density at radius 3 is 3.00 bits per heavy atom. The maximum absolute atomic E-state index is 13.4. The van der Waals surface area contributed by atoms with Crippen LogP contribution in [0.1, 0.15) is 30.7 Å². The lowest BCUT2D eigenvalue weighted by Crippen LogP contribution is -2.48. The Morgan fingerprint density at radius 2 is 2.20 bits per heavy atom. The molecule has 2 fully saturated rings. The molecule has 1 saturated heterocycles. The second-order valence-electron chi connectivity index (χ2n) is 7.01. The Bertz CT molecular complexity index is 752. The van der Waals surface area contributed by atoms with E-state index in [1.165, 1.54) is 6.07 Å². The van der Waals surface area contributed by atoms with E-state index >= 15 is 0 Å². The van der Waals surface area contributed by atoms with Crippen LogP contribution in [0.25, 0.3) is 0 Å². The molecule has 0 spiro atoms. The summed E-state index contributed by atoms with van der Waals surface area (Å²) >= 11 is 0. The van der Waals surface area contributed by atoms with Crippen LogP contribution in [-0.2, 0) is 4.79 Å². The molecule has 4 rings (SSSR count). The van der Waals surface area contributed by atoms with Gasteiger partial charge in [0.25, 0.3) is 0 Å². The van der Waals surface area contributed by atoms with E-state index in [0.29, 0.717) is 5.92 Å². The van der Waals surface area contributed by atoms with E-state index in [1.54, 1.807) is 18.3 Å². The molecule has 0 bridgehead atoms. The number of anilines is 1. The number of amides is 1. The molecular weight excluding hydrogens is 317 g/mol. The standard InChI is InChI=1S/C20H22FN3O/c21-15-5-1-7-17(10-15)24-9-3-6-16(13-24)23-20(25)19-11-18(19)14-4-2-8-22-12-14/h1-2,4-5,7-8,10,12,16,18-19H,3,6,9,11,13H2,(H,23,25)/t16-,18+,19+/m1/s1. The Balaban J connectivity index is 1.34. The molecule has 5 heteroatoms. The highest BCUT2D eigenvalue weighted by Crippen LogP contribution is 2.47. The van der Waals surface area contributed by atoms with Crippen LogP contribution in [0.4, 0.5) is 10.1 Å². The summed E-state index contributed by atoms with van der Waals surface area (Å²) in [7, 11) is 0. The fraction of sp³-hybridized carbons (Fsp3) is 0.400. The zero-order valence-corrected chi connectivity index (χ0v) is 14.1. The molecule has 1 aliphatic carbocycles. The maximum Gasteiger partial charge on any atom is 0.224 e. The Kier molecular flexibility index (Phi) is 4.38. The highest BCUT2D eigenvalue weighted by molar-refractivity contribution is 5.83. The van der Waals surface area contributed by atoms with Crippen LogP contribution in [0.2, 0.25) is 0 Å². The van der Waals surface area contributed by atoms with Gasteiger partial charge in [-0.3, -0.25) is 9.78 Å². The van der Waals surface area contributed by atoms with Crippen LogP contribution in [0, 0.1) is 11.7 Å². The average Bonchev–Trinajstić information content (AvgIpc) is 3.44. The summed E-state index contributed by atoms with van der Waals surface area (Å²) in [6.45, 7) is 1.64. The molecule has 1 saturated carbocycles. The molecule has 1 aromatic heterocycles. The Hall–Kier alpha value is -2.43. The number of hydrogen-bond donors (Lipinski definition) is 1. The molecule has 4 nitrogen and oxygen atoms in total. The van der Waals surface area contributed by atoms with Gasteiger partial charge in [0.1, 0.15) is 5.82 Å². The second kappa shape index (κ2) is 6.82. The zero-order chi connectivity index (χ0) is 17.2. The molecule has 1 N–H and O–H groups in total. The summed E-state index contributed by atoms with van der Waals surface area (Å²) in [5.74, 6) is 0.284. The van der Waals surface area contributed by atoms with Gasteiger partial charge in [-0.15, -0.1) is 0 Å². The summed E-state index contributed by atoms with van der Waals surface area (Å²) in [6, 6.07) is 10.8. The first-order valence-corrected chi connectivity index (χ1v) is 8.91. The molecule has 1 aliphatic heterocycles. The van der Waals surface area contributed by atoms with Crippen molar-refractivity contribution in [2.45, 2.75) is 31.2 Å². The van der Waals surface area contributed by atoms with Gasteiger partial charge in [0, 0.05) is 43.1 Å². The van der Waals surface area contributed by atoms with Gasteiger partial charge < -0.3 is 10.2 Å². The Labute approximate surface area is 147 Å². The number of nitrogens with zero attached hydrogens (tertiary/aromatic N) is 2. The molecule has 2 aliphatic rings. The smallest absolute Gasteiger partial charge is 0.224 e. The van der Waals surface area contributed by atoms with Crippen molar-refractivity contribution >= 4 is 11.6 Å². The number of rotatable bonds is 4. The molecule has 25 heavy (non-hydrogen) atoms. The number of nitrogens with one attached hydrogen (secondary N) is 1. The van der Waals surface area contributed by atoms with Gasteiger partial charge in [0.15, 0.2) is 0 Å². The van der Waals surface area contributed by atoms with Crippen LogP contribution in [0.3, 0.4) is 0 Å². The summed E-state index contributed by atoms with van der Waals surface area (Å²) < 4.78 is 13.4. The van der Waals surface area contributed by atoms with Crippen molar-refractivity contribution < 1.29 is 9.18 Å². The number of carbonyl (C=O) groups excluding carboxylic acids is 1. The van der Waals surface area contributed by atoms with Crippen LogP contribution in [0.15, 0.2) is 48.8 Å². The quantitative estimate of drug-likeness (QED) is 0.931. The van der Waals surface area contributed by atoms with E-state index in [4.69, 9.17) is 0 Å². The van der Waals surface area contributed by atoms with Gasteiger partial charge >= 0.3 is 0 Å². The summed E-state index contributed by atoms with van der Waals surface area (Å²) in [4.78, 5) is 18.8. The minimum atomic E-state index is -0.221. The van der Waals surface area contributed by atoms with Crippen LogP contribution in [0.5, 0.6) is 0 Å². The molecule has 2 heterocycles. The van der Waals surface area contributed by atoms with E-state index in [0.717, 1.165) is 43.6 Å². The monoisotopic (exact) mass is 339 g/mol. The van der Waals surface area contributed by atoms with Gasteiger partial charge in [0.05, 0.1) is 0 Å². The number of carbonyl (C=O) groups is 1. The summed E-state index contributed by atoms with van der Waals surface area (Å²) in [5.41, 5.74) is 2.03. The van der Waals surface area contributed by atoms with E-state index < -0.39 is 0 Å². The number of benzene rings is 1. The predicted molar refractivity (Wildman–Crippen MR) is 94.9 cm³/mol. The average molecular weight is 339 g/mol. The van der Waals surface area contributed by atoms with Crippen molar-refractivity contribution in [2.24, 2.45) is 5.92 Å². The predicted octanol–water partition coefficient (Wildman–Crippen LogP) is 3.11. The zero-order valence-electron chi connectivity index (χ0n) is 14.1. The first kappa shape index (κ1) is 16.1. The van der Waals surface area contributed by atoms with Crippen LogP contribution in [-0.4, -0.2) is 30.0 Å². The fourth-order valence-corrected chi connectivity index (χ4v) is 3.76. The highest BCUT2D eigenvalue weighted by atomic mass is 19.1. The lowest BCUT2D eigenvalue weighted by atomic mass is 10.0. The number of aromatic nitrogens is 1. The van der Waals surface area contributed by atoms with E-state index in [-0.39, 0.29) is 23.7 Å². The molecule has 130 valence electrons. The molecule has 1 aromatic carbocycles. The first-order chi connectivity index (χ1) is 12.2. The van der Waals surface area contributed by atoms with Crippen molar-refractivity contribution in [3.05, 3.63) is 60.2 Å². The maximum atomic E-state index is 13.4. The van der Waals surface area contributed by atoms with Crippen LogP contribution < -0.4 is 10.2 Å². The van der Waals surface area contributed by atoms with Gasteiger partial charge in [0.2, 0.25) is 5.91 Å². The highest BCUT2D eigenvalue weighted by Gasteiger charge is 2.44. The van der Waals surface area contributed by atoms with Gasteiger partial charge in [-0.25, -0.2) is 4.39 Å². The van der Waals surface area contributed by atoms with Crippen molar-refractivity contribution in [3.63, 3.8) is 0 Å². The molecular formula is C20H22FN3O. The number of hydrogen-bond acceptors (Lipinski definition) is 3. The lowest BCUT2D eigenvalue weighted by Gasteiger charge is -2.34. The van der Waals surface area contributed by atoms with E-state index in [9.17, 15) is 9.18 Å². The lowest BCUT2D eigenvalue weighted by molar-refractivity contribution is -0.123. The third kappa shape index (κ3) is 3.65. The SMILES string of the molecule is O=C(N[C@@H]1CCCN(c2cccc(F)c2)C1)[C@H]1C[C@H]1c1cccnc1. The van der Waals surface area contributed by atoms with Gasteiger partial charge in [-0.05, 0) is 55.0 Å². The van der Waals surface area contributed by atoms with Gasteiger partial charge in [-0.1, -0.05) is 12.1 Å². The molecule has 0 radical (unpaired) electrons. The molecule has 2 aromatic rings. The van der Waals surface area contributed by atoms with E-state index in [2.05, 4.69) is 15.2 Å². The topological polar surface area (TPSA) is 45.2 Å². The third-order valence-electron chi connectivity index (χ3n) is 5.18. The number of piperidine rings is 1. The second-order valence-corrected chi connectivity index (χ2v) is 7.01. The van der Waals surface area contributed by atoms with Crippen molar-refractivity contribution in [3.8, 4) is 0 Å². The third-order valence-corrected chi connectivity index (χ3v) is 5.18. The molecule has 1 amide bonds. The van der Waals surface area contributed by atoms with E-state index in [1.807, 2.05) is 24.4 Å². The fourth-order valence-electron chi connectivity index (χ4n) is 3.76. The summed E-state index contributed by atoms with van der Waals surface area (Å²) in [6.07, 6.45) is 6.48. The first-order valence-electron chi connectivity index (χ1n) is 8.91. The summed E-state index contributed by atoms with van der Waals surface area (Å²) in [5, 5.41) is 3.20. The Morgan fingerprint density at radius 1 is 1.28 bits per heavy atom. The molecule has 0 unspecified atom stereocenters. The van der Waals surface area contributed by atoms with Gasteiger partial charge in [-0.2, -0.15) is 0 Å². The number of pyridine rings is 1. The van der Waals surface area contributed by atoms with Crippen LogP contribution >= 0.6 is 0 Å². The van der Waals surface area contributed by atoms with Crippen molar-refractivity contribution in [2.75, 3.05) is 18.0 Å². The normalized spacial score (nSPS) is 25.5. The largest absolute Gasteiger partial charge is 0.369 e. The van der Waals surface area contributed by atoms with Crippen molar-refractivity contribution in [1.82, 2.24) is 10.3 Å². The minimum Gasteiger partial charge on any atom is -0.369 e. The minimum absolute atomic E-state index is 0.0637.